The van der Waals surface area contributed by atoms with Crippen molar-refractivity contribution in [2.24, 2.45) is 0 Å². The minimum absolute atomic E-state index is 0.146. The van der Waals surface area contributed by atoms with Crippen LogP contribution in [0, 0.1) is 0 Å². The molecule has 0 aliphatic carbocycles. The number of hydrogen-bond acceptors (Lipinski definition) is 6. The number of thioether (sulfide) groups is 1. The molecule has 1 aliphatic rings. The van der Waals surface area contributed by atoms with Crippen molar-refractivity contribution in [2.45, 2.75) is 48.8 Å². The molecule has 146 valence electrons. The molecule has 8 heteroatoms. The van der Waals surface area contributed by atoms with Crippen molar-refractivity contribution in [3.63, 3.8) is 0 Å². The summed E-state index contributed by atoms with van der Waals surface area (Å²) in [5, 5.41) is 0. The summed E-state index contributed by atoms with van der Waals surface area (Å²) in [6.07, 6.45) is 2.63. The lowest BCUT2D eigenvalue weighted by Gasteiger charge is -2.38. The highest BCUT2D eigenvalue weighted by Gasteiger charge is 2.46. The molecule has 26 heavy (non-hydrogen) atoms. The molecule has 0 amide bonds. The lowest BCUT2D eigenvalue weighted by Crippen LogP contribution is -2.55. The summed E-state index contributed by atoms with van der Waals surface area (Å²) in [5.41, 5.74) is 0. The number of carbonyl (C=O) groups is 1. The highest BCUT2D eigenvalue weighted by atomic mass is 32.2. The molecular weight excluding hydrogens is 374 g/mol. The first-order valence-electron chi connectivity index (χ1n) is 8.61. The Kier molecular flexibility index (Phi) is 6.99. The second-order valence-electron chi connectivity index (χ2n) is 6.73. The maximum Gasteiger partial charge on any atom is 0.325 e. The van der Waals surface area contributed by atoms with Crippen molar-refractivity contribution < 1.29 is 22.7 Å². The van der Waals surface area contributed by atoms with Crippen LogP contribution in [0.25, 0.3) is 0 Å². The second-order valence-corrected chi connectivity index (χ2v) is 10.4. The van der Waals surface area contributed by atoms with Gasteiger partial charge in [0.25, 0.3) is 0 Å². The fourth-order valence-corrected chi connectivity index (χ4v) is 6.16. The van der Waals surface area contributed by atoms with Crippen molar-refractivity contribution in [3.8, 4) is 5.75 Å². The monoisotopic (exact) mass is 401 g/mol. The van der Waals surface area contributed by atoms with Crippen LogP contribution >= 0.6 is 11.8 Å². The van der Waals surface area contributed by atoms with E-state index in [4.69, 9.17) is 9.47 Å². The summed E-state index contributed by atoms with van der Waals surface area (Å²) in [5.74, 6) is 0.937. The number of hydrogen-bond donors (Lipinski definition) is 0. The third-order valence-corrected chi connectivity index (χ3v) is 7.87. The third-order valence-electron chi connectivity index (χ3n) is 4.53. The molecule has 1 unspecified atom stereocenters. The van der Waals surface area contributed by atoms with Gasteiger partial charge in [-0.15, -0.1) is 0 Å². The Balaban J connectivity index is 2.51. The molecule has 0 radical (unpaired) electrons. The van der Waals surface area contributed by atoms with Crippen molar-refractivity contribution >= 4 is 27.8 Å². The number of methoxy groups -OCH3 is 2. The number of sulfonamides is 1. The molecule has 0 N–H and O–H groups in total. The van der Waals surface area contributed by atoms with E-state index >= 15 is 0 Å². The maximum absolute atomic E-state index is 13.4. The van der Waals surface area contributed by atoms with Crippen LogP contribution in [0.1, 0.15) is 33.1 Å². The van der Waals surface area contributed by atoms with E-state index in [1.54, 1.807) is 23.9 Å². The Morgan fingerprint density at radius 3 is 2.38 bits per heavy atom. The average Bonchev–Trinajstić information content (AvgIpc) is 2.69. The van der Waals surface area contributed by atoms with Crippen LogP contribution in [-0.2, 0) is 19.6 Å². The van der Waals surface area contributed by atoms with Crippen LogP contribution in [0.15, 0.2) is 29.2 Å². The number of ether oxygens (including phenoxy) is 2. The van der Waals surface area contributed by atoms with Gasteiger partial charge in [0.15, 0.2) is 0 Å². The first-order chi connectivity index (χ1) is 12.2. The maximum atomic E-state index is 13.4. The summed E-state index contributed by atoms with van der Waals surface area (Å²) >= 11 is 1.61. The van der Waals surface area contributed by atoms with Gasteiger partial charge >= 0.3 is 5.97 Å². The molecule has 6 nitrogen and oxygen atoms in total. The first-order valence-corrected chi connectivity index (χ1v) is 11.0. The van der Waals surface area contributed by atoms with Crippen LogP contribution in [0.3, 0.4) is 0 Å². The van der Waals surface area contributed by atoms with Gasteiger partial charge in [0.05, 0.1) is 19.1 Å². The number of carbonyl (C=O) groups excluding carboxylic acids is 1. The van der Waals surface area contributed by atoms with Gasteiger partial charge in [-0.1, -0.05) is 6.42 Å². The number of benzene rings is 1. The molecule has 0 saturated carbocycles. The summed E-state index contributed by atoms with van der Waals surface area (Å²) in [7, 11) is -1.03. The van der Waals surface area contributed by atoms with Gasteiger partial charge in [-0.05, 0) is 56.7 Å². The largest absolute Gasteiger partial charge is 0.497 e. The van der Waals surface area contributed by atoms with Crippen LogP contribution in [0.5, 0.6) is 5.75 Å². The Bertz CT molecular complexity index is 716. The summed E-state index contributed by atoms with van der Waals surface area (Å²) in [6, 6.07) is 5.35. The fraction of sp³-hybridized carbons (Fsp3) is 0.611. The Morgan fingerprint density at radius 2 is 1.81 bits per heavy atom. The summed E-state index contributed by atoms with van der Waals surface area (Å²) in [6.45, 7) is 4.10. The summed E-state index contributed by atoms with van der Waals surface area (Å²) < 4.78 is 37.5. The second kappa shape index (κ2) is 8.63. The van der Waals surface area contributed by atoms with E-state index in [1.807, 2.05) is 13.8 Å². The van der Waals surface area contributed by atoms with Gasteiger partial charge in [-0.2, -0.15) is 16.1 Å². The van der Waals surface area contributed by atoms with Crippen molar-refractivity contribution in [3.05, 3.63) is 24.3 Å². The van der Waals surface area contributed by atoms with E-state index < -0.39 is 26.8 Å². The molecule has 2 rings (SSSR count). The van der Waals surface area contributed by atoms with Crippen molar-refractivity contribution in [1.29, 1.82) is 0 Å². The SMILES string of the molecule is COC(=O)C1N(S(=O)(=O)c2ccc(OC)cc2)CCCCCSC1(C)C. The van der Waals surface area contributed by atoms with E-state index in [9.17, 15) is 13.2 Å². The zero-order chi connectivity index (χ0) is 19.4. The molecule has 1 aliphatic heterocycles. The highest BCUT2D eigenvalue weighted by molar-refractivity contribution is 8.00. The van der Waals surface area contributed by atoms with Crippen LogP contribution in [0.4, 0.5) is 0 Å². The molecule has 1 saturated heterocycles. The van der Waals surface area contributed by atoms with Crippen LogP contribution in [0.2, 0.25) is 0 Å². The van der Waals surface area contributed by atoms with Gasteiger partial charge in [-0.25, -0.2) is 8.42 Å². The van der Waals surface area contributed by atoms with E-state index in [0.29, 0.717) is 12.2 Å². The van der Waals surface area contributed by atoms with E-state index in [1.165, 1.54) is 30.7 Å². The smallest absolute Gasteiger partial charge is 0.325 e. The Labute approximate surface area is 160 Å². The molecule has 0 aromatic heterocycles. The molecule has 1 aromatic rings. The minimum Gasteiger partial charge on any atom is -0.497 e. The zero-order valence-corrected chi connectivity index (χ0v) is 17.4. The normalized spacial score (nSPS) is 21.9. The number of rotatable bonds is 4. The molecule has 0 bridgehead atoms. The van der Waals surface area contributed by atoms with Crippen molar-refractivity contribution in [2.75, 3.05) is 26.5 Å². The quantitative estimate of drug-likeness (QED) is 0.723. The van der Waals surface area contributed by atoms with E-state index in [0.717, 1.165) is 18.6 Å². The lowest BCUT2D eigenvalue weighted by molar-refractivity contribution is -0.146. The van der Waals surface area contributed by atoms with Gasteiger partial charge in [-0.3, -0.25) is 4.79 Å². The zero-order valence-electron chi connectivity index (χ0n) is 15.7. The fourth-order valence-electron chi connectivity index (χ4n) is 3.09. The molecule has 1 aromatic carbocycles. The predicted octanol–water partition coefficient (Wildman–Crippen LogP) is 2.92. The minimum atomic E-state index is -3.85. The number of nitrogens with zero attached hydrogens (tertiary/aromatic N) is 1. The highest BCUT2D eigenvalue weighted by Crippen LogP contribution is 2.37. The summed E-state index contributed by atoms with van der Waals surface area (Å²) in [4.78, 5) is 12.7. The van der Waals surface area contributed by atoms with E-state index in [2.05, 4.69) is 0 Å². The van der Waals surface area contributed by atoms with Gasteiger partial charge in [0, 0.05) is 11.3 Å². The Morgan fingerprint density at radius 1 is 1.15 bits per heavy atom. The van der Waals surface area contributed by atoms with Gasteiger partial charge in [0.2, 0.25) is 10.0 Å². The molecule has 0 spiro atoms. The van der Waals surface area contributed by atoms with Crippen LogP contribution in [-0.4, -0.2) is 56.0 Å². The first kappa shape index (κ1) is 21.1. The third kappa shape index (κ3) is 4.53. The standard InChI is InChI=1S/C18H27NO5S2/c1-18(2)16(17(20)24-4)19(12-6-5-7-13-25-18)26(21,22)15-10-8-14(23-3)9-11-15/h8-11,16H,5-7,12-13H2,1-4H3. The lowest BCUT2D eigenvalue weighted by atomic mass is 10.0. The molecule has 1 heterocycles. The van der Waals surface area contributed by atoms with Crippen LogP contribution < -0.4 is 4.74 Å². The van der Waals surface area contributed by atoms with Crippen molar-refractivity contribution in [1.82, 2.24) is 4.31 Å². The Hall–Kier alpha value is -1.25. The molecular formula is C18H27NO5S2. The topological polar surface area (TPSA) is 72.9 Å². The van der Waals surface area contributed by atoms with E-state index in [-0.39, 0.29) is 11.4 Å². The number of esters is 1. The molecule has 1 fully saturated rings. The van der Waals surface area contributed by atoms with Gasteiger partial charge < -0.3 is 9.47 Å². The van der Waals surface area contributed by atoms with Gasteiger partial charge in [0.1, 0.15) is 11.8 Å². The molecule has 1 atom stereocenters. The average molecular weight is 402 g/mol. The predicted molar refractivity (Wildman–Crippen MR) is 103 cm³/mol.